The van der Waals surface area contributed by atoms with E-state index in [1.54, 1.807) is 66.7 Å². The first-order chi connectivity index (χ1) is 16.4. The molecule has 7 nitrogen and oxygen atoms in total. The highest BCUT2D eigenvalue weighted by molar-refractivity contribution is 6.33. The van der Waals surface area contributed by atoms with E-state index >= 15 is 0 Å². The number of halogens is 1. The Morgan fingerprint density at radius 3 is 2.50 bits per heavy atom. The van der Waals surface area contributed by atoms with Gasteiger partial charge in [-0.15, -0.1) is 0 Å². The molecule has 0 fully saturated rings. The van der Waals surface area contributed by atoms with Gasteiger partial charge in [-0.2, -0.15) is 0 Å². The minimum absolute atomic E-state index is 0.127. The monoisotopic (exact) mass is 477 g/mol. The number of rotatable bonds is 6. The third-order valence-corrected chi connectivity index (χ3v) is 5.42. The maximum atomic E-state index is 13.3. The Morgan fingerprint density at radius 1 is 1.00 bits per heavy atom. The van der Waals surface area contributed by atoms with Gasteiger partial charge in [0, 0.05) is 11.3 Å². The molecule has 1 aromatic heterocycles. The van der Waals surface area contributed by atoms with Crippen LogP contribution in [-0.4, -0.2) is 25.1 Å². The van der Waals surface area contributed by atoms with E-state index in [-0.39, 0.29) is 17.1 Å². The first-order valence-electron chi connectivity index (χ1n) is 10.4. The lowest BCUT2D eigenvalue weighted by Crippen LogP contribution is -2.32. The molecule has 0 saturated heterocycles. The van der Waals surface area contributed by atoms with Gasteiger partial charge in [0.15, 0.2) is 11.9 Å². The van der Waals surface area contributed by atoms with Crippen molar-refractivity contribution in [2.75, 3.05) is 12.4 Å². The molecule has 1 atom stereocenters. The van der Waals surface area contributed by atoms with Gasteiger partial charge in [-0.25, -0.2) is 4.79 Å². The van der Waals surface area contributed by atoms with Gasteiger partial charge in [0.25, 0.3) is 5.91 Å². The number of carbonyl (C=O) groups is 2. The second-order valence-corrected chi connectivity index (χ2v) is 7.79. The van der Waals surface area contributed by atoms with E-state index in [2.05, 4.69) is 5.32 Å². The highest BCUT2D eigenvalue weighted by Crippen LogP contribution is 2.35. The maximum absolute atomic E-state index is 13.3. The summed E-state index contributed by atoms with van der Waals surface area (Å²) in [6, 6.07) is 19.9. The summed E-state index contributed by atoms with van der Waals surface area (Å²) in [5.41, 5.74) is 1.06. The van der Waals surface area contributed by atoms with Crippen LogP contribution in [0.4, 0.5) is 5.69 Å². The number of carbonyl (C=O) groups excluding carboxylic acids is 2. The van der Waals surface area contributed by atoms with Crippen LogP contribution in [0.1, 0.15) is 17.3 Å². The standard InChI is InChI=1S/C26H20ClNO6/c1-15(25(30)28-17-9-7-8-16(14-17)26(31)32-2)33-24-22(29)19-11-4-6-13-21(19)34-23(24)18-10-3-5-12-20(18)27/h3-15H,1-2H3,(H,28,30). The van der Waals surface area contributed by atoms with E-state index in [0.717, 1.165) is 0 Å². The van der Waals surface area contributed by atoms with Crippen LogP contribution in [0.5, 0.6) is 5.75 Å². The molecule has 4 rings (SSSR count). The predicted octanol–water partition coefficient (Wildman–Crippen LogP) is 5.31. The summed E-state index contributed by atoms with van der Waals surface area (Å²) in [4.78, 5) is 37.9. The van der Waals surface area contributed by atoms with Gasteiger partial charge in [-0.3, -0.25) is 9.59 Å². The highest BCUT2D eigenvalue weighted by atomic mass is 35.5. The van der Waals surface area contributed by atoms with Gasteiger partial charge >= 0.3 is 5.97 Å². The Balaban J connectivity index is 1.68. The SMILES string of the molecule is COC(=O)c1cccc(NC(=O)C(C)Oc2c(-c3ccccc3Cl)oc3ccccc3c2=O)c1. The molecular formula is C26H20ClNO6. The largest absolute Gasteiger partial charge is 0.473 e. The molecule has 4 aromatic rings. The zero-order chi connectivity index (χ0) is 24.2. The number of hydrogen-bond acceptors (Lipinski definition) is 6. The quantitative estimate of drug-likeness (QED) is 0.378. The summed E-state index contributed by atoms with van der Waals surface area (Å²) in [5.74, 6) is -1.06. The Bertz CT molecular complexity index is 1440. The lowest BCUT2D eigenvalue weighted by Gasteiger charge is -2.17. The first kappa shape index (κ1) is 23.1. The summed E-state index contributed by atoms with van der Waals surface area (Å²) >= 11 is 6.36. The summed E-state index contributed by atoms with van der Waals surface area (Å²) in [7, 11) is 1.27. The van der Waals surface area contributed by atoms with Crippen LogP contribution in [0, 0.1) is 0 Å². The van der Waals surface area contributed by atoms with Crippen LogP contribution >= 0.6 is 11.6 Å². The number of anilines is 1. The predicted molar refractivity (Wildman–Crippen MR) is 129 cm³/mol. The minimum Gasteiger partial charge on any atom is -0.473 e. The number of methoxy groups -OCH3 is 1. The van der Waals surface area contributed by atoms with Crippen molar-refractivity contribution in [2.45, 2.75) is 13.0 Å². The summed E-state index contributed by atoms with van der Waals surface area (Å²) in [5, 5.41) is 3.35. The molecule has 0 aliphatic carbocycles. The van der Waals surface area contributed by atoms with Gasteiger partial charge < -0.3 is 19.2 Å². The van der Waals surface area contributed by atoms with E-state index in [4.69, 9.17) is 25.5 Å². The Kier molecular flexibility index (Phi) is 6.65. The number of ether oxygens (including phenoxy) is 2. The summed E-state index contributed by atoms with van der Waals surface area (Å²) in [6.07, 6.45) is -1.08. The van der Waals surface area contributed by atoms with E-state index < -0.39 is 23.4 Å². The number of fused-ring (bicyclic) bond motifs is 1. The van der Waals surface area contributed by atoms with Crippen LogP contribution in [-0.2, 0) is 9.53 Å². The highest BCUT2D eigenvalue weighted by Gasteiger charge is 2.24. The molecule has 3 aromatic carbocycles. The number of hydrogen-bond donors (Lipinski definition) is 1. The molecule has 1 heterocycles. The van der Waals surface area contributed by atoms with Crippen LogP contribution in [0.25, 0.3) is 22.3 Å². The number of amides is 1. The Hall–Kier alpha value is -4.10. The molecule has 0 radical (unpaired) electrons. The van der Waals surface area contributed by atoms with Gasteiger partial charge in [-0.1, -0.05) is 41.9 Å². The third-order valence-electron chi connectivity index (χ3n) is 5.09. The summed E-state index contributed by atoms with van der Waals surface area (Å²) < 4.78 is 16.6. The van der Waals surface area contributed by atoms with Crippen molar-refractivity contribution in [1.29, 1.82) is 0 Å². The van der Waals surface area contributed by atoms with Crippen molar-refractivity contribution in [1.82, 2.24) is 0 Å². The fourth-order valence-electron chi connectivity index (χ4n) is 3.37. The van der Waals surface area contributed by atoms with Crippen molar-refractivity contribution < 1.29 is 23.5 Å². The van der Waals surface area contributed by atoms with E-state index in [1.807, 2.05) is 0 Å². The second-order valence-electron chi connectivity index (χ2n) is 7.39. The third kappa shape index (κ3) is 4.65. The molecular weight excluding hydrogens is 458 g/mol. The first-order valence-corrected chi connectivity index (χ1v) is 10.7. The van der Waals surface area contributed by atoms with E-state index in [0.29, 0.717) is 27.2 Å². The maximum Gasteiger partial charge on any atom is 0.337 e. The molecule has 1 unspecified atom stereocenters. The zero-order valence-electron chi connectivity index (χ0n) is 18.3. The van der Waals surface area contributed by atoms with Crippen molar-refractivity contribution >= 4 is 40.1 Å². The fraction of sp³-hybridized carbons (Fsp3) is 0.115. The molecule has 0 spiro atoms. The van der Waals surface area contributed by atoms with Crippen LogP contribution in [0.15, 0.2) is 82.0 Å². The molecule has 1 N–H and O–H groups in total. The van der Waals surface area contributed by atoms with E-state index in [1.165, 1.54) is 20.1 Å². The fourth-order valence-corrected chi connectivity index (χ4v) is 3.59. The molecule has 172 valence electrons. The molecule has 34 heavy (non-hydrogen) atoms. The number of benzene rings is 3. The molecule has 0 aliphatic heterocycles. The van der Waals surface area contributed by atoms with Gasteiger partial charge in [0.05, 0.1) is 23.1 Å². The van der Waals surface area contributed by atoms with Crippen molar-refractivity contribution in [3.63, 3.8) is 0 Å². The van der Waals surface area contributed by atoms with Crippen LogP contribution < -0.4 is 15.5 Å². The molecule has 0 bridgehead atoms. The number of esters is 1. The van der Waals surface area contributed by atoms with Crippen molar-refractivity contribution in [3.8, 4) is 17.1 Å². The number of para-hydroxylation sites is 1. The summed E-state index contributed by atoms with van der Waals surface area (Å²) in [6.45, 7) is 1.50. The Labute approximate surface area is 199 Å². The molecule has 0 saturated carbocycles. The smallest absolute Gasteiger partial charge is 0.337 e. The van der Waals surface area contributed by atoms with E-state index in [9.17, 15) is 14.4 Å². The molecule has 0 aliphatic rings. The van der Waals surface area contributed by atoms with Crippen molar-refractivity contribution in [2.24, 2.45) is 0 Å². The Morgan fingerprint density at radius 2 is 1.74 bits per heavy atom. The number of nitrogens with one attached hydrogen (secondary N) is 1. The topological polar surface area (TPSA) is 94.8 Å². The van der Waals surface area contributed by atoms with Crippen molar-refractivity contribution in [3.05, 3.63) is 93.6 Å². The van der Waals surface area contributed by atoms with Crippen LogP contribution in [0.3, 0.4) is 0 Å². The van der Waals surface area contributed by atoms with Gasteiger partial charge in [-0.05, 0) is 49.4 Å². The van der Waals surface area contributed by atoms with Crippen LogP contribution in [0.2, 0.25) is 5.02 Å². The van der Waals surface area contributed by atoms with Gasteiger partial charge in [0.2, 0.25) is 11.2 Å². The lowest BCUT2D eigenvalue weighted by atomic mass is 10.1. The lowest BCUT2D eigenvalue weighted by molar-refractivity contribution is -0.122. The van der Waals surface area contributed by atoms with Gasteiger partial charge in [0.1, 0.15) is 5.58 Å². The zero-order valence-corrected chi connectivity index (χ0v) is 19.1. The second kappa shape index (κ2) is 9.80. The molecule has 8 heteroatoms. The molecule has 1 amide bonds. The minimum atomic E-state index is -1.08. The average Bonchev–Trinajstić information content (AvgIpc) is 2.85. The average molecular weight is 478 g/mol. The normalized spacial score (nSPS) is 11.6.